The third kappa shape index (κ3) is 5.04. The minimum absolute atomic E-state index is 0.0357. The van der Waals surface area contributed by atoms with Crippen LogP contribution in [0.4, 0.5) is 0 Å². The van der Waals surface area contributed by atoms with Crippen molar-refractivity contribution in [2.75, 3.05) is 0 Å². The zero-order chi connectivity index (χ0) is 15.9. The first-order chi connectivity index (χ1) is 10.5. The van der Waals surface area contributed by atoms with E-state index in [0.717, 1.165) is 36.3 Å². The Morgan fingerprint density at radius 3 is 2.59 bits per heavy atom. The summed E-state index contributed by atoms with van der Waals surface area (Å²) >= 11 is 1.15. The Kier molecular flexibility index (Phi) is 5.77. The largest absolute Gasteiger partial charge is 0.427 e. The number of ether oxygens (including phenoxy) is 1. The van der Waals surface area contributed by atoms with Crippen molar-refractivity contribution in [1.82, 2.24) is 9.55 Å². The number of carbonyl (C=O) groups is 2. The van der Waals surface area contributed by atoms with Gasteiger partial charge >= 0.3 is 5.97 Å². The fourth-order valence-electron chi connectivity index (χ4n) is 2.04. The second-order valence-electron chi connectivity index (χ2n) is 4.84. The van der Waals surface area contributed by atoms with E-state index < -0.39 is 0 Å². The van der Waals surface area contributed by atoms with Crippen LogP contribution in [0.2, 0.25) is 0 Å². The van der Waals surface area contributed by atoms with E-state index in [2.05, 4.69) is 4.98 Å². The highest BCUT2D eigenvalue weighted by Gasteiger charge is 2.06. The van der Waals surface area contributed by atoms with Crippen LogP contribution in [0.1, 0.15) is 25.8 Å². The van der Waals surface area contributed by atoms with Crippen LogP contribution in [-0.4, -0.2) is 20.6 Å². The number of carbonyl (C=O) groups excluding carboxylic acids is 2. The number of benzene rings is 1. The minimum atomic E-state index is -0.316. The van der Waals surface area contributed by atoms with Gasteiger partial charge in [-0.3, -0.25) is 9.59 Å². The van der Waals surface area contributed by atoms with E-state index in [-0.39, 0.29) is 11.1 Å². The van der Waals surface area contributed by atoms with Gasteiger partial charge in [0, 0.05) is 32.8 Å². The minimum Gasteiger partial charge on any atom is -0.427 e. The van der Waals surface area contributed by atoms with Gasteiger partial charge in [0.2, 0.25) is 0 Å². The molecule has 22 heavy (non-hydrogen) atoms. The smallest absolute Gasteiger partial charge is 0.308 e. The summed E-state index contributed by atoms with van der Waals surface area (Å²) in [6.45, 7) is 3.73. The van der Waals surface area contributed by atoms with Crippen molar-refractivity contribution in [3.8, 4) is 5.75 Å². The maximum absolute atomic E-state index is 11.1. The van der Waals surface area contributed by atoms with Crippen LogP contribution in [0.3, 0.4) is 0 Å². The molecule has 0 radical (unpaired) electrons. The average Bonchev–Trinajstić information content (AvgIpc) is 2.87. The second-order valence-corrected chi connectivity index (χ2v) is 5.98. The van der Waals surface area contributed by atoms with Crippen molar-refractivity contribution in [3.05, 3.63) is 42.2 Å². The standard InChI is InChI=1S/C16H18N2O3S/c1-12(19)21-15-7-5-14(6-8-15)4-3-10-18-11-9-17-16(18)22-13(2)20/h5-9,11H,3-4,10H2,1-2H3. The van der Waals surface area contributed by atoms with E-state index in [1.807, 2.05) is 22.9 Å². The molecule has 5 nitrogen and oxygen atoms in total. The molecular weight excluding hydrogens is 300 g/mol. The Morgan fingerprint density at radius 1 is 1.23 bits per heavy atom. The third-order valence-electron chi connectivity index (χ3n) is 2.96. The van der Waals surface area contributed by atoms with Crippen molar-refractivity contribution >= 4 is 22.8 Å². The second kappa shape index (κ2) is 7.79. The number of rotatable bonds is 6. The lowest BCUT2D eigenvalue weighted by Crippen LogP contribution is -2.02. The molecule has 0 saturated heterocycles. The quantitative estimate of drug-likeness (QED) is 0.465. The van der Waals surface area contributed by atoms with Gasteiger partial charge in [-0.05, 0) is 42.3 Å². The molecule has 116 valence electrons. The van der Waals surface area contributed by atoms with E-state index in [9.17, 15) is 9.59 Å². The van der Waals surface area contributed by atoms with Crippen molar-refractivity contribution in [3.63, 3.8) is 0 Å². The summed E-state index contributed by atoms with van der Waals surface area (Å²) < 4.78 is 6.98. The van der Waals surface area contributed by atoms with E-state index >= 15 is 0 Å². The van der Waals surface area contributed by atoms with Gasteiger partial charge in [0.1, 0.15) is 5.75 Å². The van der Waals surface area contributed by atoms with Crippen LogP contribution in [0.5, 0.6) is 5.75 Å². The molecule has 0 aliphatic carbocycles. The van der Waals surface area contributed by atoms with Crippen LogP contribution in [0.15, 0.2) is 41.8 Å². The summed E-state index contributed by atoms with van der Waals surface area (Å²) in [7, 11) is 0. The number of imidazole rings is 1. The van der Waals surface area contributed by atoms with Crippen LogP contribution in [0, 0.1) is 0 Å². The topological polar surface area (TPSA) is 61.2 Å². The summed E-state index contributed by atoms with van der Waals surface area (Å²) in [6.07, 6.45) is 5.44. The van der Waals surface area contributed by atoms with Crippen molar-refractivity contribution in [2.45, 2.75) is 38.4 Å². The molecular formula is C16H18N2O3S. The average molecular weight is 318 g/mol. The maximum atomic E-state index is 11.1. The van der Waals surface area contributed by atoms with Gasteiger partial charge in [-0.1, -0.05) is 12.1 Å². The SMILES string of the molecule is CC(=O)Oc1ccc(CCCn2ccnc2SC(C)=O)cc1. The molecule has 2 aromatic rings. The summed E-state index contributed by atoms with van der Waals surface area (Å²) in [5.74, 6) is 0.245. The van der Waals surface area contributed by atoms with E-state index in [1.165, 1.54) is 19.4 Å². The summed E-state index contributed by atoms with van der Waals surface area (Å²) in [4.78, 5) is 26.2. The molecule has 0 atom stereocenters. The van der Waals surface area contributed by atoms with Gasteiger partial charge in [-0.2, -0.15) is 0 Å². The number of thioether (sulfide) groups is 1. The monoisotopic (exact) mass is 318 g/mol. The molecule has 0 unspecified atom stereocenters. The molecule has 0 N–H and O–H groups in total. The molecule has 0 saturated carbocycles. The van der Waals surface area contributed by atoms with Gasteiger partial charge in [0.15, 0.2) is 10.3 Å². The van der Waals surface area contributed by atoms with E-state index in [4.69, 9.17) is 4.74 Å². The van der Waals surface area contributed by atoms with Crippen LogP contribution in [-0.2, 0) is 22.6 Å². The highest BCUT2D eigenvalue weighted by Crippen LogP contribution is 2.18. The van der Waals surface area contributed by atoms with E-state index in [0.29, 0.717) is 5.75 Å². The molecule has 2 rings (SSSR count). The predicted octanol–water partition coefficient (Wildman–Crippen LogP) is 3.08. The Balaban J connectivity index is 1.85. The summed E-state index contributed by atoms with van der Waals surface area (Å²) in [6, 6.07) is 7.50. The number of hydrogen-bond acceptors (Lipinski definition) is 5. The summed E-state index contributed by atoms with van der Waals surface area (Å²) in [5, 5.41) is 0.770. The first-order valence-electron chi connectivity index (χ1n) is 7.01. The molecule has 0 aliphatic rings. The molecule has 0 fully saturated rings. The van der Waals surface area contributed by atoms with Crippen molar-refractivity contribution in [2.24, 2.45) is 0 Å². The number of aromatic nitrogens is 2. The predicted molar refractivity (Wildman–Crippen MR) is 84.8 cm³/mol. The molecule has 0 amide bonds. The molecule has 6 heteroatoms. The zero-order valence-electron chi connectivity index (χ0n) is 12.6. The van der Waals surface area contributed by atoms with Gasteiger partial charge < -0.3 is 9.30 Å². The molecule has 0 bridgehead atoms. The van der Waals surface area contributed by atoms with E-state index in [1.54, 1.807) is 18.3 Å². The number of hydrogen-bond donors (Lipinski definition) is 0. The van der Waals surface area contributed by atoms with Gasteiger partial charge in [0.05, 0.1) is 0 Å². The Bertz CT molecular complexity index is 650. The maximum Gasteiger partial charge on any atom is 0.308 e. The van der Waals surface area contributed by atoms with Crippen LogP contribution >= 0.6 is 11.8 Å². The molecule has 1 aromatic carbocycles. The normalized spacial score (nSPS) is 10.5. The first kappa shape index (κ1) is 16.3. The number of aryl methyl sites for hydroxylation is 2. The summed E-state index contributed by atoms with van der Waals surface area (Å²) in [5.41, 5.74) is 1.18. The van der Waals surface area contributed by atoms with Crippen LogP contribution in [0.25, 0.3) is 0 Å². The Hall–Kier alpha value is -2.08. The van der Waals surface area contributed by atoms with Gasteiger partial charge in [-0.15, -0.1) is 0 Å². The third-order valence-corrected chi connectivity index (χ3v) is 3.77. The lowest BCUT2D eigenvalue weighted by Gasteiger charge is -2.07. The number of nitrogens with zero attached hydrogens (tertiary/aromatic N) is 2. The van der Waals surface area contributed by atoms with Gasteiger partial charge in [0.25, 0.3) is 0 Å². The number of esters is 1. The van der Waals surface area contributed by atoms with Crippen molar-refractivity contribution in [1.29, 1.82) is 0 Å². The van der Waals surface area contributed by atoms with Gasteiger partial charge in [-0.25, -0.2) is 4.98 Å². The molecule has 0 spiro atoms. The molecule has 1 aromatic heterocycles. The fourth-order valence-corrected chi connectivity index (χ4v) is 2.68. The highest BCUT2D eigenvalue weighted by atomic mass is 32.2. The Morgan fingerprint density at radius 2 is 1.95 bits per heavy atom. The molecule has 0 aliphatic heterocycles. The highest BCUT2D eigenvalue weighted by molar-refractivity contribution is 8.13. The fraction of sp³-hybridized carbons (Fsp3) is 0.312. The lowest BCUT2D eigenvalue weighted by molar-refractivity contribution is -0.131. The molecule has 1 heterocycles. The zero-order valence-corrected chi connectivity index (χ0v) is 13.4. The Labute approximate surface area is 133 Å². The lowest BCUT2D eigenvalue weighted by atomic mass is 10.1. The van der Waals surface area contributed by atoms with Crippen molar-refractivity contribution < 1.29 is 14.3 Å². The first-order valence-corrected chi connectivity index (χ1v) is 7.83. The van der Waals surface area contributed by atoms with Crippen LogP contribution < -0.4 is 4.74 Å².